The van der Waals surface area contributed by atoms with Crippen molar-refractivity contribution in [2.75, 3.05) is 19.0 Å². The molecule has 10 heteroatoms. The molecular weight excluding hydrogens is 408 g/mol. The molecule has 0 aliphatic carbocycles. The molecule has 0 bridgehead atoms. The van der Waals surface area contributed by atoms with Crippen molar-refractivity contribution in [3.8, 4) is 11.5 Å². The van der Waals surface area contributed by atoms with Crippen LogP contribution in [0.25, 0.3) is 0 Å². The number of ether oxygens (including phenoxy) is 2. The quantitative estimate of drug-likeness (QED) is 0.507. The van der Waals surface area contributed by atoms with Crippen LogP contribution in [0.15, 0.2) is 24.5 Å². The van der Waals surface area contributed by atoms with Crippen LogP contribution >= 0.6 is 0 Å². The molecule has 166 valence electrons. The third-order valence-electron chi connectivity index (χ3n) is 4.75. The third kappa shape index (κ3) is 5.26. The first kappa shape index (κ1) is 22.4. The van der Waals surface area contributed by atoms with Gasteiger partial charge in [0.1, 0.15) is 12.4 Å². The molecule has 0 amide bonds. The van der Waals surface area contributed by atoms with Gasteiger partial charge in [-0.3, -0.25) is 4.68 Å². The van der Waals surface area contributed by atoms with Gasteiger partial charge in [-0.25, -0.2) is 18.7 Å². The minimum Gasteiger partial charge on any atom is -0.494 e. The number of rotatable bonds is 10. The zero-order valence-electron chi connectivity index (χ0n) is 17.7. The second kappa shape index (κ2) is 10.2. The van der Waals surface area contributed by atoms with Gasteiger partial charge in [-0.15, -0.1) is 0 Å². The predicted molar refractivity (Wildman–Crippen MR) is 111 cm³/mol. The minimum atomic E-state index is -0.788. The Bertz CT molecular complexity index is 997. The number of aryl methyl sites for hydroxylation is 3. The largest absolute Gasteiger partial charge is 0.494 e. The Kier molecular flexibility index (Phi) is 7.35. The maximum absolute atomic E-state index is 14.5. The van der Waals surface area contributed by atoms with Crippen LogP contribution in [0, 0.1) is 11.6 Å². The Hall–Kier alpha value is -3.27. The van der Waals surface area contributed by atoms with Crippen molar-refractivity contribution in [2.45, 2.75) is 32.8 Å². The maximum atomic E-state index is 14.5. The summed E-state index contributed by atoms with van der Waals surface area (Å²) < 4.78 is 41.2. The topological polar surface area (TPSA) is 94.3 Å². The molecule has 0 saturated carbocycles. The summed E-state index contributed by atoms with van der Waals surface area (Å²) in [6.07, 6.45) is 4.56. The fourth-order valence-electron chi connectivity index (χ4n) is 3.04. The van der Waals surface area contributed by atoms with Crippen molar-refractivity contribution < 1.29 is 23.4 Å². The van der Waals surface area contributed by atoms with E-state index in [1.165, 1.54) is 25.6 Å². The monoisotopic (exact) mass is 433 g/mol. The van der Waals surface area contributed by atoms with Crippen molar-refractivity contribution in [1.82, 2.24) is 19.7 Å². The van der Waals surface area contributed by atoms with E-state index in [4.69, 9.17) is 14.6 Å². The number of aliphatic hydroxyl groups excluding tert-OH is 1. The molecule has 0 fully saturated rings. The highest BCUT2D eigenvalue weighted by Gasteiger charge is 2.19. The van der Waals surface area contributed by atoms with Crippen molar-refractivity contribution in [3.05, 3.63) is 53.0 Å². The second-order valence-electron chi connectivity index (χ2n) is 6.83. The zero-order chi connectivity index (χ0) is 22.4. The lowest BCUT2D eigenvalue weighted by Gasteiger charge is -2.13. The fraction of sp³-hybridized carbons (Fsp3) is 0.381. The highest BCUT2D eigenvalue weighted by Crippen LogP contribution is 2.28. The molecule has 3 aromatic rings. The molecule has 0 atom stereocenters. The normalized spacial score (nSPS) is 10.9. The van der Waals surface area contributed by atoms with E-state index < -0.39 is 11.6 Å². The molecular formula is C21H25F2N5O3. The maximum Gasteiger partial charge on any atom is 0.228 e. The number of nitrogens with one attached hydrogen (secondary N) is 1. The molecule has 2 aromatic heterocycles. The summed E-state index contributed by atoms with van der Waals surface area (Å²) in [6.45, 7) is 1.56. The van der Waals surface area contributed by atoms with Gasteiger partial charge in [0.25, 0.3) is 0 Å². The Morgan fingerprint density at radius 1 is 1.16 bits per heavy atom. The predicted octanol–water partition coefficient (Wildman–Crippen LogP) is 3.31. The van der Waals surface area contributed by atoms with Crippen molar-refractivity contribution >= 4 is 11.8 Å². The van der Waals surface area contributed by atoms with Crippen molar-refractivity contribution in [1.29, 1.82) is 0 Å². The lowest BCUT2D eigenvalue weighted by Crippen LogP contribution is -2.07. The summed E-state index contributed by atoms with van der Waals surface area (Å²) >= 11 is 0. The van der Waals surface area contributed by atoms with Crippen LogP contribution in [-0.2, 0) is 26.5 Å². The number of hydrogen-bond acceptors (Lipinski definition) is 7. The van der Waals surface area contributed by atoms with Crippen LogP contribution in [-0.4, -0.2) is 38.6 Å². The van der Waals surface area contributed by atoms with Crippen LogP contribution in [0.1, 0.15) is 30.2 Å². The van der Waals surface area contributed by atoms with Gasteiger partial charge in [-0.05, 0) is 30.9 Å². The number of anilines is 2. The average Bonchev–Trinajstić information content (AvgIpc) is 3.12. The summed E-state index contributed by atoms with van der Waals surface area (Å²) in [5.74, 6) is -0.338. The van der Waals surface area contributed by atoms with Crippen LogP contribution in [0.2, 0.25) is 0 Å². The van der Waals surface area contributed by atoms with E-state index in [1.54, 1.807) is 11.6 Å². The standard InChI is InChI=1S/C21H25F2N5O3/c1-4-13-8-17(30-3)20(23)16(19(13)22)12-31-15-10-24-21(25-11-15)26-18-9-14(6-5-7-29)28(2)27-18/h8-11,29H,4-7,12H2,1-3H3,(H,24,25,26,27). The van der Waals surface area contributed by atoms with Gasteiger partial charge in [-0.1, -0.05) is 6.92 Å². The summed E-state index contributed by atoms with van der Waals surface area (Å²) in [5, 5.41) is 16.3. The molecule has 1 aromatic carbocycles. The van der Waals surface area contributed by atoms with Crippen LogP contribution in [0.3, 0.4) is 0 Å². The highest BCUT2D eigenvalue weighted by molar-refractivity contribution is 5.48. The van der Waals surface area contributed by atoms with Crippen LogP contribution in [0.5, 0.6) is 11.5 Å². The van der Waals surface area contributed by atoms with E-state index in [0.29, 0.717) is 36.6 Å². The molecule has 3 rings (SSSR count). The first-order valence-electron chi connectivity index (χ1n) is 9.86. The molecule has 0 spiro atoms. The summed E-state index contributed by atoms with van der Waals surface area (Å²) in [5.41, 5.74) is 1.11. The Morgan fingerprint density at radius 3 is 2.55 bits per heavy atom. The lowest BCUT2D eigenvalue weighted by atomic mass is 10.1. The van der Waals surface area contributed by atoms with Crippen molar-refractivity contribution in [3.63, 3.8) is 0 Å². The zero-order valence-corrected chi connectivity index (χ0v) is 17.7. The molecule has 8 nitrogen and oxygen atoms in total. The lowest BCUT2D eigenvalue weighted by molar-refractivity contribution is 0.285. The summed E-state index contributed by atoms with van der Waals surface area (Å²) in [6, 6.07) is 3.20. The number of hydrogen-bond donors (Lipinski definition) is 2. The van der Waals surface area contributed by atoms with Gasteiger partial charge in [0.2, 0.25) is 5.95 Å². The second-order valence-corrected chi connectivity index (χ2v) is 6.83. The van der Waals surface area contributed by atoms with E-state index in [0.717, 1.165) is 5.69 Å². The highest BCUT2D eigenvalue weighted by atomic mass is 19.1. The van der Waals surface area contributed by atoms with Gasteiger partial charge in [-0.2, -0.15) is 5.10 Å². The minimum absolute atomic E-state index is 0.0265. The number of aromatic nitrogens is 4. The Balaban J connectivity index is 1.67. The van der Waals surface area contributed by atoms with Gasteiger partial charge >= 0.3 is 0 Å². The van der Waals surface area contributed by atoms with E-state index in [1.807, 2.05) is 13.1 Å². The molecule has 0 saturated heterocycles. The molecule has 0 aliphatic rings. The number of aliphatic hydroxyl groups is 1. The first-order chi connectivity index (χ1) is 15.0. The molecule has 2 heterocycles. The molecule has 0 unspecified atom stereocenters. The SMILES string of the molecule is CCc1cc(OC)c(F)c(COc2cnc(Nc3cc(CCCO)n(C)n3)nc2)c1F. The fourth-order valence-corrected chi connectivity index (χ4v) is 3.04. The van der Waals surface area contributed by atoms with Gasteiger partial charge in [0.15, 0.2) is 23.1 Å². The molecule has 0 aliphatic heterocycles. The van der Waals surface area contributed by atoms with E-state index in [2.05, 4.69) is 20.4 Å². The number of nitrogens with zero attached hydrogens (tertiary/aromatic N) is 4. The molecule has 0 radical (unpaired) electrons. The van der Waals surface area contributed by atoms with E-state index in [9.17, 15) is 8.78 Å². The van der Waals surface area contributed by atoms with Gasteiger partial charge in [0, 0.05) is 25.4 Å². The number of methoxy groups -OCH3 is 1. The molecule has 2 N–H and O–H groups in total. The van der Waals surface area contributed by atoms with Gasteiger partial charge in [0.05, 0.1) is 25.1 Å². The van der Waals surface area contributed by atoms with E-state index >= 15 is 0 Å². The Morgan fingerprint density at radius 2 is 1.90 bits per heavy atom. The Labute approximate surface area is 178 Å². The number of benzene rings is 1. The van der Waals surface area contributed by atoms with Crippen LogP contribution in [0.4, 0.5) is 20.5 Å². The smallest absolute Gasteiger partial charge is 0.228 e. The average molecular weight is 433 g/mol. The summed E-state index contributed by atoms with van der Waals surface area (Å²) in [4.78, 5) is 8.30. The molecule has 31 heavy (non-hydrogen) atoms. The third-order valence-corrected chi connectivity index (χ3v) is 4.75. The first-order valence-corrected chi connectivity index (χ1v) is 9.86. The van der Waals surface area contributed by atoms with Gasteiger partial charge < -0.3 is 19.9 Å². The van der Waals surface area contributed by atoms with E-state index in [-0.39, 0.29) is 30.3 Å². The number of halogens is 2. The van der Waals surface area contributed by atoms with Crippen LogP contribution < -0.4 is 14.8 Å². The summed E-state index contributed by atoms with van der Waals surface area (Å²) in [7, 11) is 3.15. The van der Waals surface area contributed by atoms with Crippen molar-refractivity contribution in [2.24, 2.45) is 7.05 Å².